The fourth-order valence-corrected chi connectivity index (χ4v) is 2.91. The van der Waals surface area contributed by atoms with Crippen LogP contribution in [-0.2, 0) is 4.79 Å². The van der Waals surface area contributed by atoms with E-state index in [0.717, 1.165) is 10.9 Å². The summed E-state index contributed by atoms with van der Waals surface area (Å²) in [5, 5.41) is 9.53. The first-order valence-electron chi connectivity index (χ1n) is 7.87. The summed E-state index contributed by atoms with van der Waals surface area (Å²) >= 11 is 0. The molecule has 0 atom stereocenters. The highest BCUT2D eigenvalue weighted by Gasteiger charge is 2.22. The fraction of sp³-hybridized carbons (Fsp3) is 0.200. The van der Waals surface area contributed by atoms with Crippen LogP contribution in [0, 0.1) is 20.8 Å². The third-order valence-corrected chi connectivity index (χ3v) is 4.12. The zero-order chi connectivity index (χ0) is 18.1. The van der Waals surface area contributed by atoms with E-state index < -0.39 is 12.6 Å². The molecule has 1 heterocycles. The zero-order valence-electron chi connectivity index (χ0n) is 14.3. The second kappa shape index (κ2) is 6.43. The number of hydrogen-bond acceptors (Lipinski definition) is 4. The molecule has 25 heavy (non-hydrogen) atoms. The minimum Gasteiger partial charge on any atom is -0.482 e. The van der Waals surface area contributed by atoms with E-state index >= 15 is 0 Å². The SMILES string of the molecule is Cc1cc(C(=O)c2c(C)oc3ccccc23)c(C)cc1OCC(=O)O. The van der Waals surface area contributed by atoms with E-state index in [0.29, 0.717) is 33.8 Å². The molecule has 0 aliphatic carbocycles. The van der Waals surface area contributed by atoms with Gasteiger partial charge in [0.1, 0.15) is 17.1 Å². The Kier molecular flexibility index (Phi) is 4.31. The molecule has 0 saturated carbocycles. The number of para-hydroxylation sites is 1. The molecule has 0 unspecified atom stereocenters. The summed E-state index contributed by atoms with van der Waals surface area (Å²) < 4.78 is 11.0. The van der Waals surface area contributed by atoms with Gasteiger partial charge >= 0.3 is 5.97 Å². The standard InChI is InChI=1S/C20H18O5/c1-11-9-17(24-10-18(21)22)12(2)8-15(11)20(23)19-13(3)25-16-7-5-4-6-14(16)19/h4-9H,10H2,1-3H3,(H,21,22). The largest absolute Gasteiger partial charge is 0.482 e. The first kappa shape index (κ1) is 16.8. The quantitative estimate of drug-likeness (QED) is 0.710. The summed E-state index contributed by atoms with van der Waals surface area (Å²) in [5.74, 6) is -0.120. The number of carbonyl (C=O) groups is 2. The number of rotatable bonds is 5. The number of carboxylic acids is 1. The van der Waals surface area contributed by atoms with Crippen LogP contribution in [-0.4, -0.2) is 23.5 Å². The molecule has 0 spiro atoms. The predicted octanol–water partition coefficient (Wildman–Crippen LogP) is 4.05. The maximum absolute atomic E-state index is 13.1. The van der Waals surface area contributed by atoms with E-state index in [-0.39, 0.29) is 5.78 Å². The molecule has 0 radical (unpaired) electrons. The van der Waals surface area contributed by atoms with Crippen molar-refractivity contribution in [3.8, 4) is 5.75 Å². The normalized spacial score (nSPS) is 10.8. The lowest BCUT2D eigenvalue weighted by Crippen LogP contribution is -2.11. The average Bonchev–Trinajstić information content (AvgIpc) is 2.90. The van der Waals surface area contributed by atoms with Crippen LogP contribution in [0.15, 0.2) is 40.8 Å². The third-order valence-electron chi connectivity index (χ3n) is 4.12. The summed E-state index contributed by atoms with van der Waals surface area (Å²) in [6.45, 7) is 4.95. The van der Waals surface area contributed by atoms with Crippen molar-refractivity contribution in [1.82, 2.24) is 0 Å². The number of ether oxygens (including phenoxy) is 1. The van der Waals surface area contributed by atoms with Gasteiger partial charge in [0.15, 0.2) is 12.4 Å². The average molecular weight is 338 g/mol. The van der Waals surface area contributed by atoms with Gasteiger partial charge in [-0.1, -0.05) is 18.2 Å². The minimum absolute atomic E-state index is 0.118. The van der Waals surface area contributed by atoms with Crippen molar-refractivity contribution in [2.24, 2.45) is 0 Å². The van der Waals surface area contributed by atoms with Crippen molar-refractivity contribution in [1.29, 1.82) is 0 Å². The maximum Gasteiger partial charge on any atom is 0.341 e. The van der Waals surface area contributed by atoms with E-state index in [9.17, 15) is 9.59 Å². The Morgan fingerprint density at radius 3 is 2.52 bits per heavy atom. The highest BCUT2D eigenvalue weighted by atomic mass is 16.5. The molecule has 0 aliphatic rings. The molecule has 2 aromatic carbocycles. The lowest BCUT2D eigenvalue weighted by Gasteiger charge is -2.12. The molecule has 3 rings (SSSR count). The number of fused-ring (bicyclic) bond motifs is 1. The Balaban J connectivity index is 2.04. The van der Waals surface area contributed by atoms with Crippen LogP contribution in [0.1, 0.15) is 32.8 Å². The molecule has 1 N–H and O–H groups in total. The van der Waals surface area contributed by atoms with Crippen LogP contribution < -0.4 is 4.74 Å². The van der Waals surface area contributed by atoms with Crippen LogP contribution in [0.2, 0.25) is 0 Å². The second-order valence-electron chi connectivity index (χ2n) is 5.97. The monoisotopic (exact) mass is 338 g/mol. The predicted molar refractivity (Wildman–Crippen MR) is 93.4 cm³/mol. The molecule has 0 saturated heterocycles. The summed E-state index contributed by atoms with van der Waals surface area (Å²) in [4.78, 5) is 23.8. The highest BCUT2D eigenvalue weighted by Crippen LogP contribution is 2.30. The Bertz CT molecular complexity index is 981. The van der Waals surface area contributed by atoms with Crippen LogP contribution in [0.3, 0.4) is 0 Å². The van der Waals surface area contributed by atoms with Gasteiger partial charge in [0.2, 0.25) is 0 Å². The summed E-state index contributed by atoms with van der Waals surface area (Å²) in [6.07, 6.45) is 0. The van der Waals surface area contributed by atoms with Gasteiger partial charge in [0.05, 0.1) is 5.56 Å². The number of hydrogen-bond donors (Lipinski definition) is 1. The number of carboxylic acid groups (broad SMARTS) is 1. The van der Waals surface area contributed by atoms with E-state index in [1.165, 1.54) is 0 Å². The lowest BCUT2D eigenvalue weighted by atomic mass is 9.95. The molecule has 0 fully saturated rings. The molecule has 0 amide bonds. The van der Waals surface area contributed by atoms with Crippen LogP contribution in [0.5, 0.6) is 5.75 Å². The molecule has 1 aromatic heterocycles. The number of benzene rings is 2. The van der Waals surface area contributed by atoms with Crippen LogP contribution in [0.25, 0.3) is 11.0 Å². The Labute approximate surface area is 144 Å². The van der Waals surface area contributed by atoms with Crippen LogP contribution in [0.4, 0.5) is 0 Å². The second-order valence-corrected chi connectivity index (χ2v) is 5.97. The van der Waals surface area contributed by atoms with Crippen molar-refractivity contribution < 1.29 is 23.8 Å². The van der Waals surface area contributed by atoms with Gasteiger partial charge < -0.3 is 14.3 Å². The summed E-state index contributed by atoms with van der Waals surface area (Å²) in [5.41, 5.74) is 3.22. The summed E-state index contributed by atoms with van der Waals surface area (Å²) in [6, 6.07) is 10.9. The Morgan fingerprint density at radius 2 is 1.80 bits per heavy atom. The van der Waals surface area contributed by atoms with Crippen molar-refractivity contribution in [3.63, 3.8) is 0 Å². The van der Waals surface area contributed by atoms with Crippen molar-refractivity contribution in [3.05, 3.63) is 64.4 Å². The molecule has 128 valence electrons. The van der Waals surface area contributed by atoms with Gasteiger partial charge in [-0.15, -0.1) is 0 Å². The molecule has 5 nitrogen and oxygen atoms in total. The number of carbonyl (C=O) groups excluding carboxylic acids is 1. The van der Waals surface area contributed by atoms with Gasteiger partial charge in [-0.3, -0.25) is 4.79 Å². The summed E-state index contributed by atoms with van der Waals surface area (Å²) in [7, 11) is 0. The minimum atomic E-state index is -1.04. The van der Waals surface area contributed by atoms with E-state index in [1.807, 2.05) is 24.3 Å². The van der Waals surface area contributed by atoms with Gasteiger partial charge in [0.25, 0.3) is 0 Å². The molecule has 3 aromatic rings. The zero-order valence-corrected chi connectivity index (χ0v) is 14.3. The van der Waals surface area contributed by atoms with Crippen molar-refractivity contribution >= 4 is 22.7 Å². The van der Waals surface area contributed by atoms with E-state index in [4.69, 9.17) is 14.3 Å². The third kappa shape index (κ3) is 3.13. The van der Waals surface area contributed by atoms with Gasteiger partial charge in [0, 0.05) is 10.9 Å². The topological polar surface area (TPSA) is 76.7 Å². The number of furan rings is 1. The highest BCUT2D eigenvalue weighted by molar-refractivity contribution is 6.17. The molecule has 0 bridgehead atoms. The van der Waals surface area contributed by atoms with Gasteiger partial charge in [-0.2, -0.15) is 0 Å². The van der Waals surface area contributed by atoms with Gasteiger partial charge in [-0.05, 0) is 50.1 Å². The fourth-order valence-electron chi connectivity index (χ4n) is 2.91. The van der Waals surface area contributed by atoms with E-state index in [2.05, 4.69) is 0 Å². The lowest BCUT2D eigenvalue weighted by molar-refractivity contribution is -0.139. The molecular formula is C20H18O5. The number of ketones is 1. The Morgan fingerprint density at radius 1 is 1.08 bits per heavy atom. The number of aryl methyl sites for hydroxylation is 3. The van der Waals surface area contributed by atoms with E-state index in [1.54, 1.807) is 32.9 Å². The maximum atomic E-state index is 13.1. The molecule has 5 heteroatoms. The molecule has 0 aliphatic heterocycles. The van der Waals surface area contributed by atoms with Crippen LogP contribution >= 0.6 is 0 Å². The van der Waals surface area contributed by atoms with Crippen molar-refractivity contribution in [2.75, 3.05) is 6.61 Å². The van der Waals surface area contributed by atoms with Crippen molar-refractivity contribution in [2.45, 2.75) is 20.8 Å². The number of aliphatic carboxylic acids is 1. The first-order valence-corrected chi connectivity index (χ1v) is 7.87. The smallest absolute Gasteiger partial charge is 0.341 e. The molecular weight excluding hydrogens is 320 g/mol. The Hall–Kier alpha value is -3.08. The first-order chi connectivity index (χ1) is 11.9. The van der Waals surface area contributed by atoms with Gasteiger partial charge in [-0.25, -0.2) is 4.79 Å².